The number of aromatic nitrogens is 1. The van der Waals surface area contributed by atoms with Gasteiger partial charge in [0, 0.05) is 6.07 Å². The van der Waals surface area contributed by atoms with Crippen LogP contribution in [0.25, 0.3) is 0 Å². The number of benzene rings is 1. The number of carbonyl (C=O) groups is 1. The maximum atomic E-state index is 12.2. The zero-order chi connectivity index (χ0) is 14.7. The molecule has 102 valence electrons. The third-order valence-corrected chi connectivity index (χ3v) is 2.72. The van der Waals surface area contributed by atoms with E-state index in [1.807, 2.05) is 0 Å². The van der Waals surface area contributed by atoms with E-state index in [0.29, 0.717) is 17.1 Å². The standard InChI is InChI=1S/C13H12N4O3/c1-8-3-2-4-10(17(19)20)12(8)13(18)16-9-5-6-11(14)15-7-9/h2-7H,1H3,(H2,14,15)(H,16,18). The first-order valence-corrected chi connectivity index (χ1v) is 5.76. The van der Waals surface area contributed by atoms with Crippen molar-refractivity contribution in [2.75, 3.05) is 11.1 Å². The van der Waals surface area contributed by atoms with Crippen LogP contribution in [0.3, 0.4) is 0 Å². The predicted octanol–water partition coefficient (Wildman–Crippen LogP) is 2.13. The largest absolute Gasteiger partial charge is 0.384 e. The van der Waals surface area contributed by atoms with Crippen LogP contribution in [-0.4, -0.2) is 15.8 Å². The normalized spacial score (nSPS) is 10.1. The van der Waals surface area contributed by atoms with Crippen molar-refractivity contribution in [2.45, 2.75) is 6.92 Å². The molecular weight excluding hydrogens is 260 g/mol. The van der Waals surface area contributed by atoms with Gasteiger partial charge in [-0.25, -0.2) is 4.98 Å². The van der Waals surface area contributed by atoms with Gasteiger partial charge in [0.15, 0.2) is 0 Å². The number of nitro benzene ring substituents is 1. The highest BCUT2D eigenvalue weighted by Crippen LogP contribution is 2.23. The Morgan fingerprint density at radius 2 is 2.10 bits per heavy atom. The second kappa shape index (κ2) is 5.35. The van der Waals surface area contributed by atoms with Gasteiger partial charge in [-0.05, 0) is 24.6 Å². The zero-order valence-corrected chi connectivity index (χ0v) is 10.7. The molecule has 7 heteroatoms. The minimum Gasteiger partial charge on any atom is -0.384 e. The molecule has 1 amide bonds. The van der Waals surface area contributed by atoms with E-state index < -0.39 is 10.8 Å². The number of nitrogen functional groups attached to an aromatic ring is 1. The lowest BCUT2D eigenvalue weighted by atomic mass is 10.1. The highest BCUT2D eigenvalue weighted by Gasteiger charge is 2.22. The summed E-state index contributed by atoms with van der Waals surface area (Å²) in [7, 11) is 0. The Morgan fingerprint density at radius 1 is 1.35 bits per heavy atom. The molecule has 2 rings (SSSR count). The summed E-state index contributed by atoms with van der Waals surface area (Å²) in [5.41, 5.74) is 6.20. The van der Waals surface area contributed by atoms with E-state index in [9.17, 15) is 14.9 Å². The second-order valence-electron chi connectivity index (χ2n) is 4.15. The number of nitro groups is 1. The van der Waals surface area contributed by atoms with Crippen LogP contribution in [-0.2, 0) is 0 Å². The number of rotatable bonds is 3. The van der Waals surface area contributed by atoms with E-state index in [4.69, 9.17) is 5.73 Å². The van der Waals surface area contributed by atoms with Gasteiger partial charge in [-0.2, -0.15) is 0 Å². The SMILES string of the molecule is Cc1cccc([N+](=O)[O-])c1C(=O)Nc1ccc(N)nc1. The Morgan fingerprint density at radius 3 is 2.70 bits per heavy atom. The van der Waals surface area contributed by atoms with Crippen molar-refractivity contribution in [2.24, 2.45) is 0 Å². The number of nitrogens with two attached hydrogens (primary N) is 1. The van der Waals surface area contributed by atoms with Crippen molar-refractivity contribution in [3.63, 3.8) is 0 Å². The van der Waals surface area contributed by atoms with Gasteiger partial charge in [-0.3, -0.25) is 14.9 Å². The van der Waals surface area contributed by atoms with Gasteiger partial charge in [-0.15, -0.1) is 0 Å². The molecule has 0 radical (unpaired) electrons. The van der Waals surface area contributed by atoms with Gasteiger partial charge in [0.1, 0.15) is 11.4 Å². The predicted molar refractivity (Wildman–Crippen MR) is 74.4 cm³/mol. The molecular formula is C13H12N4O3. The van der Waals surface area contributed by atoms with E-state index in [2.05, 4.69) is 10.3 Å². The van der Waals surface area contributed by atoms with Crippen LogP contribution in [0.15, 0.2) is 36.5 Å². The average molecular weight is 272 g/mol. The molecule has 0 saturated heterocycles. The number of hydrogen-bond donors (Lipinski definition) is 2. The van der Waals surface area contributed by atoms with Crippen molar-refractivity contribution in [1.82, 2.24) is 4.98 Å². The topological polar surface area (TPSA) is 111 Å². The third-order valence-electron chi connectivity index (χ3n) is 2.72. The number of carbonyl (C=O) groups excluding carboxylic acids is 1. The maximum absolute atomic E-state index is 12.2. The lowest BCUT2D eigenvalue weighted by molar-refractivity contribution is -0.385. The van der Waals surface area contributed by atoms with Crippen molar-refractivity contribution < 1.29 is 9.72 Å². The van der Waals surface area contributed by atoms with Crippen molar-refractivity contribution in [3.05, 3.63) is 57.8 Å². The minimum absolute atomic E-state index is 0.0364. The Balaban J connectivity index is 2.34. The maximum Gasteiger partial charge on any atom is 0.282 e. The fraction of sp³-hybridized carbons (Fsp3) is 0.0769. The number of nitrogens with zero attached hydrogens (tertiary/aromatic N) is 2. The summed E-state index contributed by atoms with van der Waals surface area (Å²) in [5.74, 6) is -0.230. The summed E-state index contributed by atoms with van der Waals surface area (Å²) in [4.78, 5) is 26.4. The van der Waals surface area contributed by atoms with Gasteiger partial charge < -0.3 is 11.1 Å². The third kappa shape index (κ3) is 2.72. The van der Waals surface area contributed by atoms with Crippen molar-refractivity contribution in [3.8, 4) is 0 Å². The highest BCUT2D eigenvalue weighted by molar-refractivity contribution is 6.08. The Labute approximate surface area is 114 Å². The first kappa shape index (κ1) is 13.5. The van der Waals surface area contributed by atoms with Gasteiger partial charge >= 0.3 is 0 Å². The van der Waals surface area contributed by atoms with E-state index in [-0.39, 0.29) is 11.3 Å². The van der Waals surface area contributed by atoms with Crippen LogP contribution in [0, 0.1) is 17.0 Å². The molecule has 0 saturated carbocycles. The van der Waals surface area contributed by atoms with Crippen LogP contribution in [0.4, 0.5) is 17.2 Å². The summed E-state index contributed by atoms with van der Waals surface area (Å²) in [6, 6.07) is 7.58. The lowest BCUT2D eigenvalue weighted by Gasteiger charge is -2.08. The molecule has 7 nitrogen and oxygen atoms in total. The molecule has 3 N–H and O–H groups in total. The van der Waals surface area contributed by atoms with Gasteiger partial charge in [0.2, 0.25) is 0 Å². The molecule has 1 aromatic carbocycles. The smallest absolute Gasteiger partial charge is 0.282 e. The molecule has 0 fully saturated rings. The summed E-state index contributed by atoms with van der Waals surface area (Å²) < 4.78 is 0. The van der Waals surface area contributed by atoms with Gasteiger partial charge in [0.05, 0.1) is 16.8 Å². The summed E-state index contributed by atoms with van der Waals surface area (Å²) >= 11 is 0. The number of pyridine rings is 1. The van der Waals surface area contributed by atoms with E-state index in [1.165, 1.54) is 24.4 Å². The van der Waals surface area contributed by atoms with Crippen molar-refractivity contribution >= 4 is 23.1 Å². The highest BCUT2D eigenvalue weighted by atomic mass is 16.6. The fourth-order valence-electron chi connectivity index (χ4n) is 1.77. The fourth-order valence-corrected chi connectivity index (χ4v) is 1.77. The average Bonchev–Trinajstić information content (AvgIpc) is 2.40. The molecule has 1 aromatic heterocycles. The molecule has 2 aromatic rings. The van der Waals surface area contributed by atoms with E-state index in [0.717, 1.165) is 0 Å². The number of hydrogen-bond acceptors (Lipinski definition) is 5. The van der Waals surface area contributed by atoms with Crippen LogP contribution < -0.4 is 11.1 Å². The molecule has 0 bridgehead atoms. The van der Waals surface area contributed by atoms with Crippen molar-refractivity contribution in [1.29, 1.82) is 0 Å². The molecule has 1 heterocycles. The first-order valence-electron chi connectivity index (χ1n) is 5.76. The molecule has 0 aliphatic heterocycles. The Kier molecular flexibility index (Phi) is 3.60. The molecule has 0 unspecified atom stereocenters. The number of nitrogens with one attached hydrogen (secondary N) is 1. The van der Waals surface area contributed by atoms with E-state index >= 15 is 0 Å². The molecule has 0 atom stereocenters. The second-order valence-corrected chi connectivity index (χ2v) is 4.15. The lowest BCUT2D eigenvalue weighted by Crippen LogP contribution is -2.15. The van der Waals surface area contributed by atoms with Crippen LogP contribution in [0.5, 0.6) is 0 Å². The summed E-state index contributed by atoms with van der Waals surface area (Å²) in [5, 5.41) is 13.5. The summed E-state index contributed by atoms with van der Waals surface area (Å²) in [6.07, 6.45) is 1.39. The summed E-state index contributed by atoms with van der Waals surface area (Å²) in [6.45, 7) is 1.64. The number of anilines is 2. The number of aryl methyl sites for hydroxylation is 1. The quantitative estimate of drug-likeness (QED) is 0.656. The zero-order valence-electron chi connectivity index (χ0n) is 10.7. The van der Waals surface area contributed by atoms with Crippen LogP contribution >= 0.6 is 0 Å². The Hall–Kier alpha value is -2.96. The van der Waals surface area contributed by atoms with Crippen LogP contribution in [0.2, 0.25) is 0 Å². The molecule has 0 aliphatic rings. The van der Waals surface area contributed by atoms with Crippen LogP contribution in [0.1, 0.15) is 15.9 Å². The monoisotopic (exact) mass is 272 g/mol. The molecule has 0 aliphatic carbocycles. The van der Waals surface area contributed by atoms with Gasteiger partial charge in [0.25, 0.3) is 11.6 Å². The van der Waals surface area contributed by atoms with E-state index in [1.54, 1.807) is 19.1 Å². The number of amides is 1. The Bertz CT molecular complexity index is 668. The van der Waals surface area contributed by atoms with Gasteiger partial charge in [-0.1, -0.05) is 12.1 Å². The minimum atomic E-state index is -0.580. The molecule has 0 spiro atoms. The molecule has 20 heavy (non-hydrogen) atoms. The first-order chi connectivity index (χ1) is 9.49.